The molecule has 0 saturated heterocycles. The van der Waals surface area contributed by atoms with Gasteiger partial charge in [0, 0.05) is 23.5 Å². The van der Waals surface area contributed by atoms with E-state index in [-0.39, 0.29) is 11.7 Å². The normalized spacial score (nSPS) is 9.33. The van der Waals surface area contributed by atoms with Gasteiger partial charge in [-0.25, -0.2) is 4.98 Å². The van der Waals surface area contributed by atoms with Crippen LogP contribution in [0.25, 0.3) is 0 Å². The summed E-state index contributed by atoms with van der Waals surface area (Å²) in [5.74, 6) is 0.111. The van der Waals surface area contributed by atoms with Crippen LogP contribution >= 0.6 is 0 Å². The molecule has 0 atom stereocenters. The minimum Gasteiger partial charge on any atom is -0.384 e. The highest BCUT2D eigenvalue weighted by atomic mass is 14.8. The molecular weight excluding hydrogens is 154 g/mol. The van der Waals surface area contributed by atoms with Crippen LogP contribution in [0.4, 0.5) is 5.82 Å². The lowest BCUT2D eigenvalue weighted by molar-refractivity contribution is 1.30. The molecule has 1 heterocycles. The first-order valence-electron chi connectivity index (χ1n) is 3.26. The van der Waals surface area contributed by atoms with Crippen LogP contribution in [0.2, 0.25) is 0 Å². The summed E-state index contributed by atoms with van der Waals surface area (Å²) in [5.41, 5.74) is 11.5. The van der Waals surface area contributed by atoms with Crippen molar-refractivity contribution in [3.05, 3.63) is 23.4 Å². The minimum absolute atomic E-state index is 0.109. The molecule has 0 aliphatic heterocycles. The second-order valence-corrected chi connectivity index (χ2v) is 2.22. The van der Waals surface area contributed by atoms with E-state index in [0.29, 0.717) is 11.1 Å². The zero-order valence-corrected chi connectivity index (χ0v) is 6.33. The lowest BCUT2D eigenvalue weighted by Gasteiger charge is -2.04. The van der Waals surface area contributed by atoms with Gasteiger partial charge in [-0.15, -0.1) is 0 Å². The van der Waals surface area contributed by atoms with Crippen LogP contribution in [0, 0.1) is 10.8 Å². The smallest absolute Gasteiger partial charge is 0.132 e. The van der Waals surface area contributed by atoms with Crippen LogP contribution in [0.5, 0.6) is 0 Å². The Kier molecular flexibility index (Phi) is 2.05. The van der Waals surface area contributed by atoms with E-state index >= 15 is 0 Å². The summed E-state index contributed by atoms with van der Waals surface area (Å²) in [6, 6.07) is 1.55. The van der Waals surface area contributed by atoms with E-state index in [9.17, 15) is 0 Å². The standard InChI is InChI=1S/C7H9N5/c8-3-5-4(6(9)10)1-2-12-7(5)11/h1-3,8H,(H3,9,10)(H2,11,12). The molecule has 0 aromatic carbocycles. The summed E-state index contributed by atoms with van der Waals surface area (Å²) in [6.07, 6.45) is 2.50. The van der Waals surface area contributed by atoms with Gasteiger partial charge in [0.2, 0.25) is 0 Å². The molecule has 0 radical (unpaired) electrons. The maximum atomic E-state index is 7.17. The Morgan fingerprint density at radius 2 is 2.25 bits per heavy atom. The first-order chi connectivity index (χ1) is 5.66. The summed E-state index contributed by atoms with van der Waals surface area (Å²) in [7, 11) is 0. The Labute approximate surface area is 69.4 Å². The first kappa shape index (κ1) is 8.19. The minimum atomic E-state index is -0.109. The monoisotopic (exact) mass is 163 g/mol. The number of nitrogens with one attached hydrogen (secondary N) is 2. The largest absolute Gasteiger partial charge is 0.384 e. The van der Waals surface area contributed by atoms with Crippen molar-refractivity contribution in [1.29, 1.82) is 10.8 Å². The first-order valence-corrected chi connectivity index (χ1v) is 3.26. The molecule has 0 saturated carbocycles. The number of amidine groups is 1. The molecule has 62 valence electrons. The van der Waals surface area contributed by atoms with Gasteiger partial charge in [-0.2, -0.15) is 0 Å². The lowest BCUT2D eigenvalue weighted by atomic mass is 10.1. The Balaban J connectivity index is 3.37. The van der Waals surface area contributed by atoms with Gasteiger partial charge in [-0.3, -0.25) is 5.41 Å². The second-order valence-electron chi connectivity index (χ2n) is 2.22. The zero-order valence-electron chi connectivity index (χ0n) is 6.33. The topological polar surface area (TPSA) is 113 Å². The molecule has 6 N–H and O–H groups in total. The van der Waals surface area contributed by atoms with Crippen LogP contribution in [0.3, 0.4) is 0 Å². The van der Waals surface area contributed by atoms with E-state index in [1.54, 1.807) is 6.07 Å². The van der Waals surface area contributed by atoms with E-state index in [2.05, 4.69) is 4.98 Å². The van der Waals surface area contributed by atoms with Gasteiger partial charge < -0.3 is 16.9 Å². The van der Waals surface area contributed by atoms with E-state index < -0.39 is 0 Å². The summed E-state index contributed by atoms with van der Waals surface area (Å²) in [5, 5.41) is 14.2. The highest BCUT2D eigenvalue weighted by molar-refractivity contribution is 6.04. The summed E-state index contributed by atoms with van der Waals surface area (Å²) in [6.45, 7) is 0. The predicted octanol–water partition coefficient (Wildman–Crippen LogP) is -0.0545. The van der Waals surface area contributed by atoms with Gasteiger partial charge >= 0.3 is 0 Å². The molecule has 0 aliphatic rings. The van der Waals surface area contributed by atoms with Crippen LogP contribution in [0.15, 0.2) is 12.3 Å². The number of nitrogen functional groups attached to an aromatic ring is 2. The fourth-order valence-electron chi connectivity index (χ4n) is 0.876. The Morgan fingerprint density at radius 3 is 2.67 bits per heavy atom. The zero-order chi connectivity index (χ0) is 9.14. The van der Waals surface area contributed by atoms with Crippen molar-refractivity contribution in [3.63, 3.8) is 0 Å². The predicted molar refractivity (Wildman–Crippen MR) is 47.6 cm³/mol. The number of nitrogens with zero attached hydrogens (tertiary/aromatic N) is 1. The third kappa shape index (κ3) is 1.24. The molecule has 5 heteroatoms. The number of hydrogen-bond donors (Lipinski definition) is 4. The third-order valence-electron chi connectivity index (χ3n) is 1.46. The molecule has 0 spiro atoms. The van der Waals surface area contributed by atoms with E-state index in [0.717, 1.165) is 6.21 Å². The third-order valence-corrected chi connectivity index (χ3v) is 1.46. The molecule has 0 aliphatic carbocycles. The van der Waals surface area contributed by atoms with Gasteiger partial charge in [0.1, 0.15) is 11.7 Å². The molecule has 1 aromatic rings. The van der Waals surface area contributed by atoms with Crippen molar-refractivity contribution in [2.45, 2.75) is 0 Å². The highest BCUT2D eigenvalue weighted by Crippen LogP contribution is 2.10. The number of aromatic nitrogens is 1. The quantitative estimate of drug-likeness (QED) is 0.362. The SMILES string of the molecule is N=Cc1c(C(=N)N)ccnc1N. The van der Waals surface area contributed by atoms with Crippen molar-refractivity contribution in [1.82, 2.24) is 4.98 Å². The van der Waals surface area contributed by atoms with Gasteiger partial charge in [-0.1, -0.05) is 0 Å². The number of pyridine rings is 1. The summed E-state index contributed by atoms with van der Waals surface area (Å²) >= 11 is 0. The Bertz CT molecular complexity index is 331. The average Bonchev–Trinajstić information content (AvgIpc) is 2.03. The number of hydrogen-bond acceptors (Lipinski definition) is 4. The molecule has 0 unspecified atom stereocenters. The maximum absolute atomic E-state index is 7.17. The van der Waals surface area contributed by atoms with Gasteiger partial charge in [0.25, 0.3) is 0 Å². The summed E-state index contributed by atoms with van der Waals surface area (Å²) < 4.78 is 0. The maximum Gasteiger partial charge on any atom is 0.132 e. The Hall–Kier alpha value is -1.91. The number of nitrogens with two attached hydrogens (primary N) is 2. The molecule has 0 bridgehead atoms. The summed E-state index contributed by atoms with van der Waals surface area (Å²) in [4.78, 5) is 3.77. The highest BCUT2D eigenvalue weighted by Gasteiger charge is 2.06. The molecule has 0 fully saturated rings. The van der Waals surface area contributed by atoms with E-state index in [4.69, 9.17) is 22.3 Å². The second kappa shape index (κ2) is 3.00. The van der Waals surface area contributed by atoms with Crippen molar-refractivity contribution < 1.29 is 0 Å². The molecule has 12 heavy (non-hydrogen) atoms. The molecule has 1 aromatic heterocycles. The van der Waals surface area contributed by atoms with Crippen molar-refractivity contribution in [2.24, 2.45) is 5.73 Å². The Morgan fingerprint density at radius 1 is 1.58 bits per heavy atom. The van der Waals surface area contributed by atoms with Crippen LogP contribution in [-0.4, -0.2) is 17.0 Å². The van der Waals surface area contributed by atoms with Crippen molar-refractivity contribution in [3.8, 4) is 0 Å². The van der Waals surface area contributed by atoms with E-state index in [1.807, 2.05) is 0 Å². The van der Waals surface area contributed by atoms with E-state index in [1.165, 1.54) is 6.20 Å². The number of anilines is 1. The van der Waals surface area contributed by atoms with Crippen LogP contribution in [-0.2, 0) is 0 Å². The van der Waals surface area contributed by atoms with Gasteiger partial charge in [0.15, 0.2) is 0 Å². The van der Waals surface area contributed by atoms with Crippen LogP contribution in [0.1, 0.15) is 11.1 Å². The average molecular weight is 163 g/mol. The fraction of sp³-hybridized carbons (Fsp3) is 0. The van der Waals surface area contributed by atoms with Gasteiger partial charge in [0.05, 0.1) is 0 Å². The fourth-order valence-corrected chi connectivity index (χ4v) is 0.876. The van der Waals surface area contributed by atoms with Crippen LogP contribution < -0.4 is 11.5 Å². The number of rotatable bonds is 2. The van der Waals surface area contributed by atoms with Crippen molar-refractivity contribution >= 4 is 17.9 Å². The lowest BCUT2D eigenvalue weighted by Crippen LogP contribution is -2.15. The molecular formula is C7H9N5. The van der Waals surface area contributed by atoms with Crippen molar-refractivity contribution in [2.75, 3.05) is 5.73 Å². The molecule has 5 nitrogen and oxygen atoms in total. The van der Waals surface area contributed by atoms with Gasteiger partial charge in [-0.05, 0) is 6.07 Å². The molecule has 1 rings (SSSR count). The molecule has 0 amide bonds.